The largest absolute Gasteiger partial charge is 0.491 e. The van der Waals surface area contributed by atoms with Gasteiger partial charge < -0.3 is 20.4 Å². The van der Waals surface area contributed by atoms with Crippen LogP contribution in [-0.2, 0) is 17.9 Å². The number of halogens is 1. The predicted molar refractivity (Wildman–Crippen MR) is 128 cm³/mol. The van der Waals surface area contributed by atoms with Crippen molar-refractivity contribution >= 4 is 46.3 Å². The quantitative estimate of drug-likeness (QED) is 0.277. The first kappa shape index (κ1) is 25.0. The van der Waals surface area contributed by atoms with E-state index in [1.54, 1.807) is 27.4 Å². The summed E-state index contributed by atoms with van der Waals surface area (Å²) >= 11 is 5.47. The summed E-state index contributed by atoms with van der Waals surface area (Å²) in [6.45, 7) is 7.32. The molecule has 0 fully saturated rings. The van der Waals surface area contributed by atoms with Crippen LogP contribution >= 0.6 is 11.6 Å². The zero-order valence-electron chi connectivity index (χ0n) is 19.4. The average Bonchev–Trinajstić information content (AvgIpc) is 3.37. The standard InChI is InChI=1S/C22H28ClN7O4/c1-4-29-19-15(26-22(29)27-21(33)16-9-13(3)28-30(16)5-2)10-14(20(24)32)11-17(19)34-8-6-7-25-18(31)12-23/h9-11H,4-8,12H2,1-3H3,(H2,24,32)(H,25,31)(H,26,27,33). The molecule has 11 nitrogen and oxygen atoms in total. The van der Waals surface area contributed by atoms with Gasteiger partial charge in [-0.05, 0) is 45.4 Å². The number of ether oxygens (including phenoxy) is 1. The van der Waals surface area contributed by atoms with Crippen molar-refractivity contribution < 1.29 is 19.1 Å². The minimum atomic E-state index is -0.625. The van der Waals surface area contributed by atoms with E-state index < -0.39 is 5.91 Å². The highest BCUT2D eigenvalue weighted by Crippen LogP contribution is 2.31. The molecule has 12 heteroatoms. The molecule has 182 valence electrons. The van der Waals surface area contributed by atoms with Crippen molar-refractivity contribution in [1.82, 2.24) is 24.6 Å². The van der Waals surface area contributed by atoms with Gasteiger partial charge >= 0.3 is 0 Å². The Morgan fingerprint density at radius 2 is 1.94 bits per heavy atom. The number of nitrogens with one attached hydrogen (secondary N) is 2. The van der Waals surface area contributed by atoms with Crippen LogP contribution in [-0.4, -0.2) is 56.1 Å². The first-order valence-corrected chi connectivity index (χ1v) is 11.5. The lowest BCUT2D eigenvalue weighted by atomic mass is 10.1. The zero-order valence-corrected chi connectivity index (χ0v) is 20.1. The Hall–Kier alpha value is -3.60. The van der Waals surface area contributed by atoms with Crippen molar-refractivity contribution in [2.24, 2.45) is 5.73 Å². The normalized spacial score (nSPS) is 10.9. The van der Waals surface area contributed by atoms with Crippen molar-refractivity contribution in [2.45, 2.75) is 40.3 Å². The van der Waals surface area contributed by atoms with Gasteiger partial charge in [0.1, 0.15) is 22.8 Å². The van der Waals surface area contributed by atoms with Crippen molar-refractivity contribution in [1.29, 1.82) is 0 Å². The fourth-order valence-electron chi connectivity index (χ4n) is 3.55. The summed E-state index contributed by atoms with van der Waals surface area (Å²) in [5.74, 6) is -0.626. The van der Waals surface area contributed by atoms with Crippen LogP contribution in [0.3, 0.4) is 0 Å². The van der Waals surface area contributed by atoms with Gasteiger partial charge in [-0.15, -0.1) is 11.6 Å². The number of hydrogen-bond acceptors (Lipinski definition) is 6. The van der Waals surface area contributed by atoms with E-state index in [9.17, 15) is 14.4 Å². The first-order valence-electron chi connectivity index (χ1n) is 10.9. The maximum atomic E-state index is 13.0. The Kier molecular flexibility index (Phi) is 8.11. The number of benzene rings is 1. The molecule has 0 saturated carbocycles. The van der Waals surface area contributed by atoms with Crippen molar-refractivity contribution in [3.8, 4) is 5.75 Å². The maximum Gasteiger partial charge on any atom is 0.276 e. The van der Waals surface area contributed by atoms with Gasteiger partial charge in [0.15, 0.2) is 0 Å². The number of nitrogens with two attached hydrogens (primary N) is 1. The SMILES string of the molecule is CCn1nc(C)cc1C(=O)Nc1nc2cc(C(N)=O)cc(OCCCNC(=O)CCl)c2n1CC. The van der Waals surface area contributed by atoms with Crippen LogP contribution in [0.5, 0.6) is 5.75 Å². The molecular formula is C22H28ClN7O4. The smallest absolute Gasteiger partial charge is 0.276 e. The predicted octanol–water partition coefficient (Wildman–Crippen LogP) is 2.06. The fraction of sp³-hybridized carbons (Fsp3) is 0.409. The molecule has 34 heavy (non-hydrogen) atoms. The number of alkyl halides is 1. The van der Waals surface area contributed by atoms with E-state index in [1.807, 2.05) is 20.8 Å². The highest BCUT2D eigenvalue weighted by Gasteiger charge is 2.21. The van der Waals surface area contributed by atoms with E-state index in [1.165, 1.54) is 0 Å². The number of carbonyl (C=O) groups is 3. The molecule has 0 aliphatic rings. The Morgan fingerprint density at radius 1 is 1.18 bits per heavy atom. The van der Waals surface area contributed by atoms with E-state index in [-0.39, 0.29) is 29.9 Å². The minimum absolute atomic E-state index is 0.106. The molecular weight excluding hydrogens is 462 g/mol. The third kappa shape index (κ3) is 5.48. The molecule has 0 spiro atoms. The van der Waals surface area contributed by atoms with Gasteiger partial charge in [0.05, 0.1) is 17.8 Å². The third-order valence-corrected chi connectivity index (χ3v) is 5.33. The lowest BCUT2D eigenvalue weighted by Crippen LogP contribution is -2.26. The average molecular weight is 490 g/mol. The highest BCUT2D eigenvalue weighted by molar-refractivity contribution is 6.27. The van der Waals surface area contributed by atoms with E-state index >= 15 is 0 Å². The molecule has 0 aliphatic carbocycles. The van der Waals surface area contributed by atoms with Crippen molar-refractivity contribution in [2.75, 3.05) is 24.3 Å². The minimum Gasteiger partial charge on any atom is -0.491 e. The summed E-state index contributed by atoms with van der Waals surface area (Å²) in [4.78, 5) is 40.6. The maximum absolute atomic E-state index is 13.0. The van der Waals surface area contributed by atoms with Crippen LogP contribution in [0.15, 0.2) is 18.2 Å². The van der Waals surface area contributed by atoms with Gasteiger partial charge in [-0.2, -0.15) is 5.10 Å². The second kappa shape index (κ2) is 11.0. The lowest BCUT2D eigenvalue weighted by Gasteiger charge is -2.12. The van der Waals surface area contributed by atoms with Gasteiger partial charge in [-0.25, -0.2) is 4.98 Å². The van der Waals surface area contributed by atoms with E-state index in [2.05, 4.69) is 20.7 Å². The van der Waals surface area contributed by atoms with Gasteiger partial charge in [-0.3, -0.25) is 24.4 Å². The number of aromatic nitrogens is 4. The molecule has 3 rings (SSSR count). The van der Waals surface area contributed by atoms with Crippen molar-refractivity contribution in [3.05, 3.63) is 35.2 Å². The molecule has 0 atom stereocenters. The fourth-order valence-corrected chi connectivity index (χ4v) is 3.64. The summed E-state index contributed by atoms with van der Waals surface area (Å²) in [5, 5.41) is 9.82. The topological polar surface area (TPSA) is 146 Å². The number of amides is 3. The molecule has 0 radical (unpaired) electrons. The van der Waals surface area contributed by atoms with Gasteiger partial charge in [0.2, 0.25) is 17.8 Å². The number of aryl methyl sites for hydroxylation is 3. The number of rotatable bonds is 11. The lowest BCUT2D eigenvalue weighted by molar-refractivity contribution is -0.118. The molecule has 2 aromatic heterocycles. The summed E-state index contributed by atoms with van der Waals surface area (Å²) < 4.78 is 9.34. The second-order valence-electron chi connectivity index (χ2n) is 7.51. The third-order valence-electron chi connectivity index (χ3n) is 5.09. The number of imidazole rings is 1. The molecule has 0 aliphatic heterocycles. The molecule has 0 saturated heterocycles. The van der Waals surface area contributed by atoms with E-state index in [0.29, 0.717) is 54.5 Å². The van der Waals surface area contributed by atoms with Crippen LogP contribution in [0.2, 0.25) is 0 Å². The first-order chi connectivity index (χ1) is 16.3. The molecule has 0 bridgehead atoms. The second-order valence-corrected chi connectivity index (χ2v) is 7.78. The van der Waals surface area contributed by atoms with Gasteiger partial charge in [-0.1, -0.05) is 0 Å². The molecule has 3 amide bonds. The van der Waals surface area contributed by atoms with Crippen LogP contribution in [0, 0.1) is 6.92 Å². The van der Waals surface area contributed by atoms with Crippen LogP contribution in [0.4, 0.5) is 5.95 Å². The van der Waals surface area contributed by atoms with Crippen LogP contribution in [0.1, 0.15) is 46.8 Å². The number of nitrogens with zero attached hydrogens (tertiary/aromatic N) is 4. The number of fused-ring (bicyclic) bond motifs is 1. The summed E-state index contributed by atoms with van der Waals surface area (Å²) in [7, 11) is 0. The van der Waals surface area contributed by atoms with Gasteiger partial charge in [0.25, 0.3) is 5.91 Å². The summed E-state index contributed by atoms with van der Waals surface area (Å²) in [6.07, 6.45) is 0.523. The Bertz CT molecular complexity index is 1220. The Labute approximate surface area is 201 Å². The van der Waals surface area contributed by atoms with Crippen molar-refractivity contribution in [3.63, 3.8) is 0 Å². The summed E-state index contributed by atoms with van der Waals surface area (Å²) in [6, 6.07) is 4.82. The highest BCUT2D eigenvalue weighted by atomic mass is 35.5. The van der Waals surface area contributed by atoms with E-state index in [4.69, 9.17) is 22.1 Å². The zero-order chi connectivity index (χ0) is 24.8. The number of hydrogen-bond donors (Lipinski definition) is 3. The summed E-state index contributed by atoms with van der Waals surface area (Å²) in [5.41, 5.74) is 7.96. The molecule has 1 aromatic carbocycles. The Morgan fingerprint density at radius 3 is 2.59 bits per heavy atom. The Balaban J connectivity index is 1.91. The molecule has 0 unspecified atom stereocenters. The van der Waals surface area contributed by atoms with E-state index in [0.717, 1.165) is 5.69 Å². The molecule has 2 heterocycles. The molecule has 3 aromatic rings. The number of carbonyl (C=O) groups excluding carboxylic acids is 3. The van der Waals surface area contributed by atoms with Gasteiger partial charge in [0, 0.05) is 25.2 Å². The number of anilines is 1. The molecule has 4 N–H and O–H groups in total. The monoisotopic (exact) mass is 489 g/mol. The van der Waals surface area contributed by atoms with Crippen LogP contribution < -0.4 is 21.1 Å². The number of primary amides is 1. The van der Waals surface area contributed by atoms with Crippen LogP contribution in [0.25, 0.3) is 11.0 Å².